The van der Waals surface area contributed by atoms with Crippen molar-refractivity contribution in [1.29, 1.82) is 0 Å². The van der Waals surface area contributed by atoms with E-state index < -0.39 is 0 Å². The van der Waals surface area contributed by atoms with E-state index in [0.29, 0.717) is 34.1 Å². The van der Waals surface area contributed by atoms with Crippen molar-refractivity contribution in [2.45, 2.75) is 20.3 Å². The minimum Gasteiger partial charge on any atom is -0.424 e. The standard InChI is InChI=1S/C18H17Cl2N5O/c1-11-16(20)17(24-12(2)23-11)21-9-7-13-3-5-14(6-4-13)26-18-22-10-8-15(19)25-18/h3-6,8,10H,7,9H2,1-2H3,(H,21,23,24). The lowest BCUT2D eigenvalue weighted by molar-refractivity contribution is 0.441. The number of benzene rings is 1. The molecule has 0 aliphatic carbocycles. The number of aryl methyl sites for hydroxylation is 2. The fourth-order valence-electron chi connectivity index (χ4n) is 2.34. The maximum atomic E-state index is 6.23. The summed E-state index contributed by atoms with van der Waals surface area (Å²) in [5.41, 5.74) is 1.92. The topological polar surface area (TPSA) is 72.8 Å². The average molecular weight is 390 g/mol. The third-order valence-corrected chi connectivity index (χ3v) is 4.23. The molecule has 134 valence electrons. The quantitative estimate of drug-likeness (QED) is 0.619. The number of aromatic nitrogens is 4. The molecule has 1 N–H and O–H groups in total. The monoisotopic (exact) mass is 389 g/mol. The summed E-state index contributed by atoms with van der Waals surface area (Å²) < 4.78 is 5.57. The van der Waals surface area contributed by atoms with Gasteiger partial charge in [-0.25, -0.2) is 15.0 Å². The van der Waals surface area contributed by atoms with Crippen LogP contribution in [-0.4, -0.2) is 26.5 Å². The average Bonchev–Trinajstić information content (AvgIpc) is 2.60. The van der Waals surface area contributed by atoms with Crippen LogP contribution in [0.5, 0.6) is 11.8 Å². The lowest BCUT2D eigenvalue weighted by Crippen LogP contribution is -2.09. The minimum atomic E-state index is 0.219. The van der Waals surface area contributed by atoms with Crippen molar-refractivity contribution in [3.05, 3.63) is 63.8 Å². The number of ether oxygens (including phenoxy) is 1. The van der Waals surface area contributed by atoms with Gasteiger partial charge in [-0.3, -0.25) is 0 Å². The number of nitrogens with zero attached hydrogens (tertiary/aromatic N) is 4. The number of nitrogens with one attached hydrogen (secondary N) is 1. The van der Waals surface area contributed by atoms with Crippen LogP contribution in [-0.2, 0) is 6.42 Å². The van der Waals surface area contributed by atoms with E-state index in [0.717, 1.165) is 17.7 Å². The summed E-state index contributed by atoms with van der Waals surface area (Å²) in [6, 6.07) is 9.52. The van der Waals surface area contributed by atoms with Crippen LogP contribution in [0.25, 0.3) is 0 Å². The molecule has 0 spiro atoms. The molecule has 0 bridgehead atoms. The van der Waals surface area contributed by atoms with E-state index in [-0.39, 0.29) is 6.01 Å². The van der Waals surface area contributed by atoms with E-state index in [4.69, 9.17) is 27.9 Å². The SMILES string of the molecule is Cc1nc(C)c(Cl)c(NCCc2ccc(Oc3nccc(Cl)n3)cc2)n1. The van der Waals surface area contributed by atoms with Gasteiger partial charge < -0.3 is 10.1 Å². The number of halogens is 2. The van der Waals surface area contributed by atoms with Gasteiger partial charge in [-0.15, -0.1) is 0 Å². The largest absolute Gasteiger partial charge is 0.424 e. The molecular weight excluding hydrogens is 373 g/mol. The molecule has 0 saturated heterocycles. The Bertz CT molecular complexity index is 903. The summed E-state index contributed by atoms with van der Waals surface area (Å²) in [4.78, 5) is 16.6. The van der Waals surface area contributed by atoms with Crippen molar-refractivity contribution in [3.8, 4) is 11.8 Å². The van der Waals surface area contributed by atoms with Gasteiger partial charge in [0.25, 0.3) is 0 Å². The highest BCUT2D eigenvalue weighted by molar-refractivity contribution is 6.33. The highest BCUT2D eigenvalue weighted by Gasteiger charge is 2.07. The van der Waals surface area contributed by atoms with Crippen molar-refractivity contribution >= 4 is 29.0 Å². The Kier molecular flexibility index (Phi) is 5.85. The van der Waals surface area contributed by atoms with E-state index in [1.807, 2.05) is 38.1 Å². The van der Waals surface area contributed by atoms with Gasteiger partial charge in [-0.2, -0.15) is 4.98 Å². The summed E-state index contributed by atoms with van der Waals surface area (Å²) in [6.45, 7) is 4.41. The van der Waals surface area contributed by atoms with Gasteiger partial charge in [0.15, 0.2) is 0 Å². The Morgan fingerprint density at radius 2 is 1.77 bits per heavy atom. The number of hydrogen-bond acceptors (Lipinski definition) is 6. The number of hydrogen-bond donors (Lipinski definition) is 1. The van der Waals surface area contributed by atoms with E-state index in [9.17, 15) is 0 Å². The Balaban J connectivity index is 1.56. The van der Waals surface area contributed by atoms with Gasteiger partial charge in [0.05, 0.1) is 5.69 Å². The number of rotatable bonds is 6. The van der Waals surface area contributed by atoms with Crippen LogP contribution >= 0.6 is 23.2 Å². The zero-order valence-electron chi connectivity index (χ0n) is 14.3. The zero-order valence-corrected chi connectivity index (χ0v) is 15.8. The Labute approximate surface area is 161 Å². The highest BCUT2D eigenvalue weighted by atomic mass is 35.5. The van der Waals surface area contributed by atoms with Crippen molar-refractivity contribution in [2.24, 2.45) is 0 Å². The molecule has 0 fully saturated rings. The Morgan fingerprint density at radius 3 is 2.50 bits per heavy atom. The molecule has 3 aromatic rings. The molecule has 0 unspecified atom stereocenters. The first kappa shape index (κ1) is 18.4. The molecule has 8 heteroatoms. The molecule has 26 heavy (non-hydrogen) atoms. The van der Waals surface area contributed by atoms with Crippen LogP contribution in [0, 0.1) is 13.8 Å². The molecule has 2 heterocycles. The van der Waals surface area contributed by atoms with Gasteiger partial charge in [-0.1, -0.05) is 35.3 Å². The minimum absolute atomic E-state index is 0.219. The van der Waals surface area contributed by atoms with Crippen LogP contribution in [0.1, 0.15) is 17.1 Å². The molecule has 0 saturated carbocycles. The first-order valence-electron chi connectivity index (χ1n) is 8.01. The van der Waals surface area contributed by atoms with Crippen LogP contribution in [0.15, 0.2) is 36.5 Å². The molecule has 0 aliphatic rings. The van der Waals surface area contributed by atoms with Crippen LogP contribution in [0.3, 0.4) is 0 Å². The predicted molar refractivity (Wildman–Crippen MR) is 102 cm³/mol. The Hall–Kier alpha value is -2.44. The maximum Gasteiger partial charge on any atom is 0.323 e. The zero-order chi connectivity index (χ0) is 18.5. The van der Waals surface area contributed by atoms with Gasteiger partial charge in [0.1, 0.15) is 27.6 Å². The second-order valence-electron chi connectivity index (χ2n) is 5.60. The summed E-state index contributed by atoms with van der Waals surface area (Å²) in [5, 5.41) is 4.15. The fourth-order valence-corrected chi connectivity index (χ4v) is 2.62. The summed E-state index contributed by atoms with van der Waals surface area (Å²) >= 11 is 12.0. The van der Waals surface area contributed by atoms with Crippen LogP contribution in [0.4, 0.5) is 5.82 Å². The first-order chi connectivity index (χ1) is 12.5. The fraction of sp³-hybridized carbons (Fsp3) is 0.222. The van der Waals surface area contributed by atoms with Crippen molar-refractivity contribution in [1.82, 2.24) is 19.9 Å². The van der Waals surface area contributed by atoms with Gasteiger partial charge in [-0.05, 0) is 44.0 Å². The molecule has 1 aromatic carbocycles. The number of anilines is 1. The molecule has 0 radical (unpaired) electrons. The highest BCUT2D eigenvalue weighted by Crippen LogP contribution is 2.22. The molecular formula is C18H17Cl2N5O. The van der Waals surface area contributed by atoms with Gasteiger partial charge >= 0.3 is 6.01 Å². The summed E-state index contributed by atoms with van der Waals surface area (Å²) in [5.74, 6) is 2.00. The normalized spacial score (nSPS) is 10.6. The van der Waals surface area contributed by atoms with E-state index in [2.05, 4.69) is 25.3 Å². The summed E-state index contributed by atoms with van der Waals surface area (Å²) in [7, 11) is 0. The van der Waals surface area contributed by atoms with Crippen molar-refractivity contribution in [2.75, 3.05) is 11.9 Å². The molecule has 6 nitrogen and oxygen atoms in total. The predicted octanol–water partition coefficient (Wildman–Crippen LogP) is 4.64. The molecule has 0 aliphatic heterocycles. The summed E-state index contributed by atoms with van der Waals surface area (Å²) in [6.07, 6.45) is 2.36. The third-order valence-electron chi connectivity index (χ3n) is 3.57. The second-order valence-corrected chi connectivity index (χ2v) is 6.37. The van der Waals surface area contributed by atoms with E-state index in [1.165, 1.54) is 0 Å². The molecule has 0 amide bonds. The lowest BCUT2D eigenvalue weighted by atomic mass is 10.1. The molecule has 0 atom stereocenters. The van der Waals surface area contributed by atoms with Crippen LogP contribution in [0.2, 0.25) is 10.2 Å². The van der Waals surface area contributed by atoms with Crippen molar-refractivity contribution in [3.63, 3.8) is 0 Å². The Morgan fingerprint density at radius 1 is 1.00 bits per heavy atom. The third kappa shape index (κ3) is 4.80. The van der Waals surface area contributed by atoms with Crippen LogP contribution < -0.4 is 10.1 Å². The second kappa shape index (κ2) is 8.29. The maximum absolute atomic E-state index is 6.23. The van der Waals surface area contributed by atoms with Gasteiger partial charge in [0, 0.05) is 12.7 Å². The molecule has 2 aromatic heterocycles. The van der Waals surface area contributed by atoms with E-state index in [1.54, 1.807) is 12.3 Å². The lowest BCUT2D eigenvalue weighted by Gasteiger charge is -2.10. The van der Waals surface area contributed by atoms with Crippen molar-refractivity contribution < 1.29 is 4.74 Å². The first-order valence-corrected chi connectivity index (χ1v) is 8.77. The molecule has 3 rings (SSSR count). The smallest absolute Gasteiger partial charge is 0.323 e. The van der Waals surface area contributed by atoms with Gasteiger partial charge in [0.2, 0.25) is 0 Å². The van der Waals surface area contributed by atoms with E-state index >= 15 is 0 Å².